The molecule has 1 saturated heterocycles. The SMILES string of the molecule is O=C1CCC(=O)N1.[Se]. The zero-order chi connectivity index (χ0) is 5.28. The number of carbonyl (C=O) groups is 2. The Hall–Kier alpha value is -0.341. The van der Waals surface area contributed by atoms with E-state index in [-0.39, 0.29) is 28.9 Å². The molecule has 0 aliphatic carbocycles. The van der Waals surface area contributed by atoms with Crippen molar-refractivity contribution in [3.05, 3.63) is 0 Å². The molecule has 0 aromatic carbocycles. The monoisotopic (exact) mass is 179 g/mol. The topological polar surface area (TPSA) is 46.2 Å². The summed E-state index contributed by atoms with van der Waals surface area (Å²) in [5, 5.41) is 2.14. The number of rotatable bonds is 0. The molecule has 0 unspecified atom stereocenters. The first-order valence-corrected chi connectivity index (χ1v) is 2.12. The quantitative estimate of drug-likeness (QED) is 0.383. The molecule has 0 saturated carbocycles. The van der Waals surface area contributed by atoms with Crippen LogP contribution in [0.2, 0.25) is 0 Å². The maximum Gasteiger partial charge on any atom is 0.227 e. The predicted octanol–water partition coefficient (Wildman–Crippen LogP) is -0.958. The number of amides is 2. The van der Waals surface area contributed by atoms with E-state index in [1.807, 2.05) is 0 Å². The summed E-state index contributed by atoms with van der Waals surface area (Å²) in [6.07, 6.45) is 0.748. The number of hydrogen-bond acceptors (Lipinski definition) is 2. The molecule has 1 N–H and O–H groups in total. The third kappa shape index (κ3) is 1.64. The van der Waals surface area contributed by atoms with Crippen molar-refractivity contribution in [3.63, 3.8) is 0 Å². The van der Waals surface area contributed by atoms with Crippen LogP contribution >= 0.6 is 0 Å². The Balaban J connectivity index is 0.000000490. The van der Waals surface area contributed by atoms with E-state index in [0.717, 1.165) is 0 Å². The van der Waals surface area contributed by atoms with Gasteiger partial charge in [0.05, 0.1) is 0 Å². The van der Waals surface area contributed by atoms with Crippen molar-refractivity contribution in [1.82, 2.24) is 5.32 Å². The van der Waals surface area contributed by atoms with Crippen molar-refractivity contribution < 1.29 is 9.59 Å². The molecule has 1 aliphatic rings. The Bertz CT molecular complexity index is 109. The van der Waals surface area contributed by atoms with Crippen LogP contribution in [-0.4, -0.2) is 28.9 Å². The van der Waals surface area contributed by atoms with Gasteiger partial charge in [0, 0.05) is 29.9 Å². The second-order valence-electron chi connectivity index (χ2n) is 1.47. The molecule has 0 spiro atoms. The van der Waals surface area contributed by atoms with Gasteiger partial charge in [0.1, 0.15) is 0 Å². The minimum atomic E-state index is -0.148. The van der Waals surface area contributed by atoms with Gasteiger partial charge in [0.25, 0.3) is 0 Å². The summed E-state index contributed by atoms with van der Waals surface area (Å²) < 4.78 is 0. The van der Waals surface area contributed by atoms with Crippen LogP contribution in [0.25, 0.3) is 0 Å². The first kappa shape index (κ1) is 7.66. The van der Waals surface area contributed by atoms with E-state index in [1.165, 1.54) is 0 Å². The number of hydrogen-bond donors (Lipinski definition) is 1. The van der Waals surface area contributed by atoms with Gasteiger partial charge in [-0.1, -0.05) is 0 Å². The average Bonchev–Trinajstić information content (AvgIpc) is 1.87. The Kier molecular flexibility index (Phi) is 2.72. The van der Waals surface area contributed by atoms with E-state index in [9.17, 15) is 9.59 Å². The molecular weight excluding hydrogens is 173 g/mol. The van der Waals surface area contributed by atoms with Crippen LogP contribution < -0.4 is 5.32 Å². The summed E-state index contributed by atoms with van der Waals surface area (Å²) in [5.41, 5.74) is 0. The molecule has 1 aliphatic heterocycles. The van der Waals surface area contributed by atoms with Crippen LogP contribution in [0.3, 0.4) is 0 Å². The average molecular weight is 178 g/mol. The molecule has 3 nitrogen and oxygen atoms in total. The molecule has 0 atom stereocenters. The van der Waals surface area contributed by atoms with E-state index < -0.39 is 0 Å². The van der Waals surface area contributed by atoms with Gasteiger partial charge in [0.15, 0.2) is 0 Å². The largest absolute Gasteiger partial charge is 0.296 e. The Morgan fingerprint density at radius 2 is 1.50 bits per heavy atom. The van der Waals surface area contributed by atoms with Crippen LogP contribution in [0.1, 0.15) is 12.8 Å². The van der Waals surface area contributed by atoms with Crippen molar-refractivity contribution in [2.75, 3.05) is 0 Å². The zero-order valence-electron chi connectivity index (χ0n) is 4.14. The predicted molar refractivity (Wildman–Crippen MR) is 28.1 cm³/mol. The fourth-order valence-corrected chi connectivity index (χ4v) is 0.508. The Morgan fingerprint density at radius 1 is 1.12 bits per heavy atom. The van der Waals surface area contributed by atoms with Gasteiger partial charge in [-0.15, -0.1) is 0 Å². The van der Waals surface area contributed by atoms with Crippen LogP contribution in [-0.2, 0) is 9.59 Å². The first-order chi connectivity index (χ1) is 3.29. The summed E-state index contributed by atoms with van der Waals surface area (Å²) in [7, 11) is 0. The second-order valence-corrected chi connectivity index (χ2v) is 1.47. The molecule has 2 amide bonds. The molecule has 4 heteroatoms. The minimum absolute atomic E-state index is 0. The zero-order valence-corrected chi connectivity index (χ0v) is 5.85. The fourth-order valence-electron chi connectivity index (χ4n) is 0.508. The van der Waals surface area contributed by atoms with Crippen molar-refractivity contribution in [2.45, 2.75) is 12.8 Å². The summed E-state index contributed by atoms with van der Waals surface area (Å²) in [5.74, 6) is -0.296. The van der Waals surface area contributed by atoms with Gasteiger partial charge < -0.3 is 0 Å². The summed E-state index contributed by atoms with van der Waals surface area (Å²) in [6.45, 7) is 0. The third-order valence-electron chi connectivity index (χ3n) is 0.858. The minimum Gasteiger partial charge on any atom is -0.296 e. The van der Waals surface area contributed by atoms with Crippen LogP contribution in [0, 0.1) is 0 Å². The molecular formula is C4H5NO2Se. The third-order valence-corrected chi connectivity index (χ3v) is 0.858. The molecule has 0 bridgehead atoms. The molecule has 44 valence electrons. The van der Waals surface area contributed by atoms with E-state index in [2.05, 4.69) is 5.32 Å². The molecule has 0 aromatic heterocycles. The second kappa shape index (κ2) is 2.84. The summed E-state index contributed by atoms with van der Waals surface area (Å²) >= 11 is 0. The molecule has 8 heavy (non-hydrogen) atoms. The Morgan fingerprint density at radius 3 is 1.62 bits per heavy atom. The van der Waals surface area contributed by atoms with E-state index in [0.29, 0.717) is 12.8 Å². The van der Waals surface area contributed by atoms with Crippen LogP contribution in [0.5, 0.6) is 0 Å². The Labute approximate surface area is 57.3 Å². The van der Waals surface area contributed by atoms with Gasteiger partial charge >= 0.3 is 0 Å². The maximum absolute atomic E-state index is 10.1. The molecule has 2 radical (unpaired) electrons. The summed E-state index contributed by atoms with van der Waals surface area (Å²) in [6, 6.07) is 0. The number of imide groups is 1. The van der Waals surface area contributed by atoms with E-state index in [4.69, 9.17) is 0 Å². The van der Waals surface area contributed by atoms with Gasteiger partial charge in [-0.2, -0.15) is 0 Å². The standard InChI is InChI=1S/C4H5NO2.Se/c6-3-1-2-4(7)5-3;/h1-2H2,(H,5,6,7);. The molecule has 0 aromatic rings. The van der Waals surface area contributed by atoms with Crippen molar-refractivity contribution in [2.24, 2.45) is 0 Å². The maximum atomic E-state index is 10.1. The van der Waals surface area contributed by atoms with Crippen molar-refractivity contribution in [3.8, 4) is 0 Å². The van der Waals surface area contributed by atoms with Crippen LogP contribution in [0.15, 0.2) is 0 Å². The van der Waals surface area contributed by atoms with Gasteiger partial charge in [0.2, 0.25) is 11.8 Å². The fraction of sp³-hybridized carbons (Fsp3) is 0.500. The van der Waals surface area contributed by atoms with Crippen molar-refractivity contribution >= 4 is 28.9 Å². The van der Waals surface area contributed by atoms with Gasteiger partial charge in [-0.3, -0.25) is 14.9 Å². The molecule has 1 rings (SSSR count). The van der Waals surface area contributed by atoms with Gasteiger partial charge in [-0.05, 0) is 0 Å². The molecule has 1 fully saturated rings. The summed E-state index contributed by atoms with van der Waals surface area (Å²) in [4.78, 5) is 20.2. The normalized spacial score (nSPS) is 17.5. The number of carbonyl (C=O) groups excluding carboxylic acids is 2. The first-order valence-electron chi connectivity index (χ1n) is 2.12. The van der Waals surface area contributed by atoms with Crippen LogP contribution in [0.4, 0.5) is 0 Å². The number of nitrogens with one attached hydrogen (secondary N) is 1. The van der Waals surface area contributed by atoms with E-state index >= 15 is 0 Å². The van der Waals surface area contributed by atoms with Gasteiger partial charge in [-0.25, -0.2) is 0 Å². The smallest absolute Gasteiger partial charge is 0.227 e. The van der Waals surface area contributed by atoms with E-state index in [1.54, 1.807) is 0 Å². The molecule has 1 heterocycles. The van der Waals surface area contributed by atoms with Crippen molar-refractivity contribution in [1.29, 1.82) is 0 Å².